The number of nitrogens with two attached hydrogens (primary N) is 1. The van der Waals surface area contributed by atoms with Gasteiger partial charge in [0.1, 0.15) is 0 Å². The molecule has 2 aliphatic rings. The normalized spacial score (nSPS) is 35.6. The zero-order valence-corrected chi connectivity index (χ0v) is 10.8. The first-order chi connectivity index (χ1) is 7.75. The van der Waals surface area contributed by atoms with Gasteiger partial charge in [0.25, 0.3) is 0 Å². The molecule has 2 heteroatoms. The van der Waals surface area contributed by atoms with Gasteiger partial charge in [-0.05, 0) is 25.2 Å². The fourth-order valence-electron chi connectivity index (χ4n) is 3.54. The average molecular weight is 224 g/mol. The third-order valence-electron chi connectivity index (χ3n) is 4.31. The molecule has 1 saturated heterocycles. The van der Waals surface area contributed by atoms with E-state index in [2.05, 4.69) is 11.8 Å². The van der Waals surface area contributed by atoms with E-state index in [0.717, 1.165) is 18.5 Å². The van der Waals surface area contributed by atoms with Crippen LogP contribution in [0, 0.1) is 5.92 Å². The predicted molar refractivity (Wildman–Crippen MR) is 69.4 cm³/mol. The average Bonchev–Trinajstić information content (AvgIpc) is 2.14. The Morgan fingerprint density at radius 2 is 1.56 bits per heavy atom. The Balaban J connectivity index is 1.88. The van der Waals surface area contributed by atoms with Gasteiger partial charge in [-0.2, -0.15) is 0 Å². The van der Waals surface area contributed by atoms with E-state index in [1.807, 2.05) is 0 Å². The minimum Gasteiger partial charge on any atom is -0.327 e. The first-order valence-electron chi connectivity index (χ1n) is 7.25. The molecule has 1 heterocycles. The first-order valence-corrected chi connectivity index (χ1v) is 7.25. The van der Waals surface area contributed by atoms with Gasteiger partial charge in [-0.15, -0.1) is 0 Å². The summed E-state index contributed by atoms with van der Waals surface area (Å²) in [4.78, 5) is 2.70. The van der Waals surface area contributed by atoms with Gasteiger partial charge < -0.3 is 5.73 Å². The third kappa shape index (κ3) is 3.46. The van der Waals surface area contributed by atoms with Crippen LogP contribution in [-0.4, -0.2) is 30.1 Å². The summed E-state index contributed by atoms with van der Waals surface area (Å²) in [6.07, 6.45) is 11.3. The van der Waals surface area contributed by atoms with Gasteiger partial charge >= 0.3 is 0 Å². The van der Waals surface area contributed by atoms with E-state index in [-0.39, 0.29) is 0 Å². The molecule has 2 atom stereocenters. The molecule has 0 radical (unpaired) electrons. The van der Waals surface area contributed by atoms with Crippen molar-refractivity contribution in [2.24, 2.45) is 11.7 Å². The van der Waals surface area contributed by atoms with Gasteiger partial charge in [0.05, 0.1) is 0 Å². The molecule has 0 bridgehead atoms. The molecule has 1 saturated carbocycles. The van der Waals surface area contributed by atoms with Crippen LogP contribution in [0.2, 0.25) is 0 Å². The molecular weight excluding hydrogens is 196 g/mol. The highest BCUT2D eigenvalue weighted by Crippen LogP contribution is 2.25. The van der Waals surface area contributed by atoms with Gasteiger partial charge in [-0.25, -0.2) is 0 Å². The molecule has 1 aliphatic heterocycles. The van der Waals surface area contributed by atoms with E-state index >= 15 is 0 Å². The highest BCUT2D eigenvalue weighted by molar-refractivity contribution is 4.84. The van der Waals surface area contributed by atoms with E-state index in [9.17, 15) is 0 Å². The highest BCUT2D eigenvalue weighted by Gasteiger charge is 2.27. The zero-order chi connectivity index (χ0) is 11.4. The van der Waals surface area contributed by atoms with Crippen molar-refractivity contribution in [2.75, 3.05) is 13.1 Å². The van der Waals surface area contributed by atoms with Crippen molar-refractivity contribution in [3.63, 3.8) is 0 Å². The van der Waals surface area contributed by atoms with Crippen LogP contribution in [-0.2, 0) is 0 Å². The van der Waals surface area contributed by atoms with Crippen LogP contribution in [0.15, 0.2) is 0 Å². The topological polar surface area (TPSA) is 29.3 Å². The van der Waals surface area contributed by atoms with Gasteiger partial charge in [0, 0.05) is 25.2 Å². The maximum atomic E-state index is 6.15. The molecule has 2 nitrogen and oxygen atoms in total. The number of hydrogen-bond acceptors (Lipinski definition) is 2. The predicted octanol–water partition coefficient (Wildman–Crippen LogP) is 2.77. The second kappa shape index (κ2) is 6.02. The molecule has 0 aromatic heterocycles. The highest BCUT2D eigenvalue weighted by atomic mass is 15.2. The number of hydrogen-bond donors (Lipinski definition) is 1. The molecule has 2 N–H and O–H groups in total. The van der Waals surface area contributed by atoms with Crippen LogP contribution in [0.5, 0.6) is 0 Å². The Hall–Kier alpha value is -0.0800. The summed E-state index contributed by atoms with van der Waals surface area (Å²) >= 11 is 0. The van der Waals surface area contributed by atoms with Crippen LogP contribution < -0.4 is 5.73 Å². The summed E-state index contributed by atoms with van der Waals surface area (Å²) in [5.41, 5.74) is 6.15. The summed E-state index contributed by atoms with van der Waals surface area (Å²) in [5.74, 6) is 0.800. The Bertz CT molecular complexity index is 187. The zero-order valence-electron chi connectivity index (χ0n) is 10.8. The summed E-state index contributed by atoms with van der Waals surface area (Å²) in [6, 6.07) is 1.27. The molecule has 2 fully saturated rings. The Morgan fingerprint density at radius 1 is 0.938 bits per heavy atom. The Labute approximate surface area is 101 Å². The minimum atomic E-state index is 0.425. The SMILES string of the molecule is CC1CC(N)CN(C2CCCCCCC2)C1. The van der Waals surface area contributed by atoms with Crippen molar-refractivity contribution in [3.05, 3.63) is 0 Å². The van der Waals surface area contributed by atoms with Gasteiger partial charge in [-0.1, -0.05) is 39.0 Å². The molecule has 0 aromatic rings. The van der Waals surface area contributed by atoms with Crippen molar-refractivity contribution < 1.29 is 0 Å². The van der Waals surface area contributed by atoms with E-state index < -0.39 is 0 Å². The summed E-state index contributed by atoms with van der Waals surface area (Å²) < 4.78 is 0. The molecule has 0 aromatic carbocycles. The molecule has 0 spiro atoms. The molecule has 16 heavy (non-hydrogen) atoms. The number of piperidine rings is 1. The van der Waals surface area contributed by atoms with Gasteiger partial charge in [-0.3, -0.25) is 4.90 Å². The molecular formula is C14H28N2. The molecule has 2 rings (SSSR count). The van der Waals surface area contributed by atoms with Crippen molar-refractivity contribution in [1.82, 2.24) is 4.90 Å². The third-order valence-corrected chi connectivity index (χ3v) is 4.31. The molecule has 1 aliphatic carbocycles. The minimum absolute atomic E-state index is 0.425. The lowest BCUT2D eigenvalue weighted by molar-refractivity contribution is 0.0986. The Morgan fingerprint density at radius 3 is 2.19 bits per heavy atom. The number of nitrogens with zero attached hydrogens (tertiary/aromatic N) is 1. The standard InChI is InChI=1S/C14H28N2/c1-12-9-13(15)11-16(10-12)14-7-5-3-2-4-6-8-14/h12-14H,2-11,15H2,1H3. The monoisotopic (exact) mass is 224 g/mol. The number of likely N-dealkylation sites (tertiary alicyclic amines) is 1. The van der Waals surface area contributed by atoms with Gasteiger partial charge in [0.15, 0.2) is 0 Å². The van der Waals surface area contributed by atoms with Crippen LogP contribution in [0.25, 0.3) is 0 Å². The second-order valence-corrected chi connectivity index (χ2v) is 6.05. The van der Waals surface area contributed by atoms with Crippen molar-refractivity contribution in [2.45, 2.75) is 70.4 Å². The second-order valence-electron chi connectivity index (χ2n) is 6.05. The van der Waals surface area contributed by atoms with E-state index in [0.29, 0.717) is 6.04 Å². The van der Waals surface area contributed by atoms with Crippen LogP contribution in [0.1, 0.15) is 58.3 Å². The smallest absolute Gasteiger partial charge is 0.0170 e. The van der Waals surface area contributed by atoms with Crippen molar-refractivity contribution in [3.8, 4) is 0 Å². The largest absolute Gasteiger partial charge is 0.327 e. The molecule has 0 amide bonds. The van der Waals surface area contributed by atoms with Crippen molar-refractivity contribution >= 4 is 0 Å². The fraction of sp³-hybridized carbons (Fsp3) is 1.00. The van der Waals surface area contributed by atoms with Gasteiger partial charge in [0.2, 0.25) is 0 Å². The lowest BCUT2D eigenvalue weighted by Gasteiger charge is -2.40. The fourth-order valence-corrected chi connectivity index (χ4v) is 3.54. The van der Waals surface area contributed by atoms with Crippen LogP contribution >= 0.6 is 0 Å². The Kier molecular flexibility index (Phi) is 4.66. The van der Waals surface area contributed by atoms with E-state index in [1.165, 1.54) is 57.9 Å². The van der Waals surface area contributed by atoms with Crippen LogP contribution in [0.3, 0.4) is 0 Å². The lowest BCUT2D eigenvalue weighted by Crippen LogP contribution is -2.50. The summed E-state index contributed by atoms with van der Waals surface area (Å²) in [7, 11) is 0. The van der Waals surface area contributed by atoms with Crippen molar-refractivity contribution in [1.29, 1.82) is 0 Å². The first kappa shape index (κ1) is 12.4. The maximum Gasteiger partial charge on any atom is 0.0170 e. The van der Waals surface area contributed by atoms with E-state index in [4.69, 9.17) is 5.73 Å². The van der Waals surface area contributed by atoms with Crippen LogP contribution in [0.4, 0.5) is 0 Å². The molecule has 94 valence electrons. The quantitative estimate of drug-likeness (QED) is 0.742. The number of rotatable bonds is 1. The lowest BCUT2D eigenvalue weighted by atomic mass is 9.90. The maximum absolute atomic E-state index is 6.15. The molecule has 2 unspecified atom stereocenters. The summed E-state index contributed by atoms with van der Waals surface area (Å²) in [6.45, 7) is 4.79. The van der Waals surface area contributed by atoms with E-state index in [1.54, 1.807) is 0 Å². The summed E-state index contributed by atoms with van der Waals surface area (Å²) in [5, 5.41) is 0.